The molecule has 4 nitrogen and oxygen atoms in total. The summed E-state index contributed by atoms with van der Waals surface area (Å²) in [7, 11) is 1.68. The molecule has 0 aliphatic heterocycles. The van der Waals surface area contributed by atoms with E-state index in [4.69, 9.17) is 10.5 Å². The molecule has 118 valence electrons. The van der Waals surface area contributed by atoms with Crippen LogP contribution in [0.5, 0.6) is 5.75 Å². The van der Waals surface area contributed by atoms with Gasteiger partial charge in [0.1, 0.15) is 5.75 Å². The van der Waals surface area contributed by atoms with Crippen LogP contribution >= 0.6 is 0 Å². The van der Waals surface area contributed by atoms with Gasteiger partial charge in [-0.15, -0.1) is 0 Å². The van der Waals surface area contributed by atoms with Crippen molar-refractivity contribution in [3.8, 4) is 5.75 Å². The molecule has 0 heterocycles. The van der Waals surface area contributed by atoms with Crippen molar-refractivity contribution in [2.75, 3.05) is 20.3 Å². The van der Waals surface area contributed by atoms with E-state index in [2.05, 4.69) is 17.0 Å². The van der Waals surface area contributed by atoms with Crippen molar-refractivity contribution in [1.82, 2.24) is 4.90 Å². The minimum atomic E-state index is 0.0190. The van der Waals surface area contributed by atoms with Crippen LogP contribution in [0.2, 0.25) is 0 Å². The third-order valence-electron chi connectivity index (χ3n) is 4.46. The zero-order valence-electron chi connectivity index (χ0n) is 13.2. The maximum absolute atomic E-state index is 9.45. The Hall–Kier alpha value is -1.10. The number of methoxy groups -OCH3 is 1. The topological polar surface area (TPSA) is 58.7 Å². The minimum Gasteiger partial charge on any atom is -0.497 e. The summed E-state index contributed by atoms with van der Waals surface area (Å²) in [5, 5.41) is 9.45. The zero-order chi connectivity index (χ0) is 15.2. The summed E-state index contributed by atoms with van der Waals surface area (Å²) in [5.41, 5.74) is 7.48. The first kappa shape index (κ1) is 16.3. The Kier molecular flexibility index (Phi) is 6.03. The second kappa shape index (κ2) is 7.78. The van der Waals surface area contributed by atoms with Gasteiger partial charge in [0.05, 0.1) is 13.7 Å². The zero-order valence-corrected chi connectivity index (χ0v) is 13.2. The second-order valence-corrected chi connectivity index (χ2v) is 5.98. The second-order valence-electron chi connectivity index (χ2n) is 5.98. The molecule has 21 heavy (non-hydrogen) atoms. The highest BCUT2D eigenvalue weighted by atomic mass is 16.5. The van der Waals surface area contributed by atoms with E-state index in [1.54, 1.807) is 7.11 Å². The first-order valence-corrected chi connectivity index (χ1v) is 7.93. The maximum Gasteiger partial charge on any atom is 0.118 e. The van der Waals surface area contributed by atoms with Gasteiger partial charge in [0.15, 0.2) is 0 Å². The van der Waals surface area contributed by atoms with Crippen LogP contribution in [-0.2, 0) is 0 Å². The van der Waals surface area contributed by atoms with Crippen molar-refractivity contribution >= 4 is 0 Å². The van der Waals surface area contributed by atoms with Gasteiger partial charge in [-0.2, -0.15) is 0 Å². The van der Waals surface area contributed by atoms with Crippen molar-refractivity contribution in [1.29, 1.82) is 0 Å². The van der Waals surface area contributed by atoms with Gasteiger partial charge < -0.3 is 15.6 Å². The molecule has 0 saturated heterocycles. The van der Waals surface area contributed by atoms with E-state index in [9.17, 15) is 5.11 Å². The van der Waals surface area contributed by atoms with E-state index in [-0.39, 0.29) is 18.7 Å². The standard InChI is InChI=1S/C17H28N2O2/c1-13(18)17(14-7-9-16(21-2)10-8-14)19(11-12-20)15-5-3-4-6-15/h7-10,13,15,17,20H,3-6,11-12,18H2,1-2H3. The maximum atomic E-state index is 9.45. The lowest BCUT2D eigenvalue weighted by molar-refractivity contribution is 0.0922. The molecule has 1 aliphatic carbocycles. The van der Waals surface area contributed by atoms with E-state index in [0.717, 1.165) is 5.75 Å². The molecule has 1 saturated carbocycles. The van der Waals surface area contributed by atoms with Crippen LogP contribution < -0.4 is 10.5 Å². The van der Waals surface area contributed by atoms with Gasteiger partial charge in [-0.1, -0.05) is 25.0 Å². The first-order valence-electron chi connectivity index (χ1n) is 7.93. The Morgan fingerprint density at radius 3 is 2.38 bits per heavy atom. The highest BCUT2D eigenvalue weighted by molar-refractivity contribution is 5.30. The molecule has 0 aromatic heterocycles. The van der Waals surface area contributed by atoms with E-state index in [1.165, 1.54) is 31.2 Å². The number of ether oxygens (including phenoxy) is 1. The minimum absolute atomic E-state index is 0.0190. The average Bonchev–Trinajstić information content (AvgIpc) is 3.01. The Balaban J connectivity index is 2.24. The van der Waals surface area contributed by atoms with Crippen LogP contribution in [0.4, 0.5) is 0 Å². The Labute approximate surface area is 127 Å². The third-order valence-corrected chi connectivity index (χ3v) is 4.46. The van der Waals surface area contributed by atoms with Gasteiger partial charge in [0.2, 0.25) is 0 Å². The van der Waals surface area contributed by atoms with Gasteiger partial charge in [-0.3, -0.25) is 4.90 Å². The lowest BCUT2D eigenvalue weighted by Gasteiger charge is -2.38. The molecule has 4 heteroatoms. The van der Waals surface area contributed by atoms with Crippen molar-refractivity contribution in [2.45, 2.75) is 50.7 Å². The van der Waals surface area contributed by atoms with E-state index < -0.39 is 0 Å². The molecule has 0 spiro atoms. The van der Waals surface area contributed by atoms with Gasteiger partial charge in [-0.25, -0.2) is 0 Å². The largest absolute Gasteiger partial charge is 0.497 e. The summed E-state index contributed by atoms with van der Waals surface area (Å²) in [6.45, 7) is 2.91. The molecular weight excluding hydrogens is 264 g/mol. The number of nitrogens with zero attached hydrogens (tertiary/aromatic N) is 1. The quantitative estimate of drug-likeness (QED) is 0.810. The molecule has 1 aromatic rings. The predicted molar refractivity (Wildman–Crippen MR) is 85.4 cm³/mol. The van der Waals surface area contributed by atoms with E-state index >= 15 is 0 Å². The number of hydrogen-bond acceptors (Lipinski definition) is 4. The lowest BCUT2D eigenvalue weighted by atomic mass is 9.96. The number of hydrogen-bond donors (Lipinski definition) is 2. The van der Waals surface area contributed by atoms with E-state index in [1.807, 2.05) is 19.1 Å². The summed E-state index contributed by atoms with van der Waals surface area (Å²) in [4.78, 5) is 2.40. The summed E-state index contributed by atoms with van der Waals surface area (Å²) >= 11 is 0. The number of aliphatic hydroxyl groups excluding tert-OH is 1. The predicted octanol–water partition coefficient (Wildman–Crippen LogP) is 2.32. The monoisotopic (exact) mass is 292 g/mol. The van der Waals surface area contributed by atoms with Gasteiger partial charge in [0.25, 0.3) is 0 Å². The van der Waals surface area contributed by atoms with Gasteiger partial charge >= 0.3 is 0 Å². The summed E-state index contributed by atoms with van der Waals surface area (Å²) < 4.78 is 5.23. The third kappa shape index (κ3) is 3.96. The van der Waals surface area contributed by atoms with Gasteiger partial charge in [-0.05, 0) is 37.5 Å². The smallest absolute Gasteiger partial charge is 0.118 e. The molecule has 2 rings (SSSR count). The molecular formula is C17H28N2O2. The SMILES string of the molecule is COc1ccc(C(C(C)N)N(CCO)C2CCCC2)cc1. The lowest BCUT2D eigenvalue weighted by Crippen LogP contribution is -2.45. The first-order chi connectivity index (χ1) is 10.2. The Morgan fingerprint density at radius 2 is 1.90 bits per heavy atom. The molecule has 1 fully saturated rings. The fraction of sp³-hybridized carbons (Fsp3) is 0.647. The van der Waals surface area contributed by atoms with Crippen LogP contribution in [0.1, 0.15) is 44.2 Å². The number of rotatable bonds is 7. The van der Waals surface area contributed by atoms with Crippen LogP contribution in [0, 0.1) is 0 Å². The fourth-order valence-corrected chi connectivity index (χ4v) is 3.50. The Morgan fingerprint density at radius 1 is 1.29 bits per heavy atom. The van der Waals surface area contributed by atoms with Crippen LogP contribution in [0.25, 0.3) is 0 Å². The molecule has 2 atom stereocenters. The van der Waals surface area contributed by atoms with Crippen molar-refractivity contribution in [3.05, 3.63) is 29.8 Å². The average molecular weight is 292 g/mol. The number of aliphatic hydroxyl groups is 1. The van der Waals surface area contributed by atoms with Crippen molar-refractivity contribution in [2.24, 2.45) is 5.73 Å². The van der Waals surface area contributed by atoms with E-state index in [0.29, 0.717) is 12.6 Å². The molecule has 2 unspecified atom stereocenters. The Bertz CT molecular complexity index is 413. The van der Waals surface area contributed by atoms with Crippen LogP contribution in [0.15, 0.2) is 24.3 Å². The fourth-order valence-electron chi connectivity index (χ4n) is 3.50. The van der Waals surface area contributed by atoms with Gasteiger partial charge in [0, 0.05) is 24.7 Å². The molecule has 3 N–H and O–H groups in total. The normalized spacial score (nSPS) is 18.9. The van der Waals surface area contributed by atoms with Crippen LogP contribution in [-0.4, -0.2) is 42.4 Å². The molecule has 0 bridgehead atoms. The summed E-state index contributed by atoms with van der Waals surface area (Å²) in [5.74, 6) is 0.858. The molecule has 1 aliphatic rings. The molecule has 0 amide bonds. The molecule has 0 radical (unpaired) electrons. The molecule has 1 aromatic carbocycles. The number of nitrogens with two attached hydrogens (primary N) is 1. The number of benzene rings is 1. The highest BCUT2D eigenvalue weighted by Gasteiger charge is 2.31. The summed E-state index contributed by atoms with van der Waals surface area (Å²) in [6.07, 6.45) is 4.97. The van der Waals surface area contributed by atoms with Crippen molar-refractivity contribution in [3.63, 3.8) is 0 Å². The van der Waals surface area contributed by atoms with Crippen molar-refractivity contribution < 1.29 is 9.84 Å². The highest BCUT2D eigenvalue weighted by Crippen LogP contribution is 2.33. The summed E-state index contributed by atoms with van der Waals surface area (Å²) in [6, 6.07) is 8.85. The van der Waals surface area contributed by atoms with Crippen LogP contribution in [0.3, 0.4) is 0 Å².